The van der Waals surface area contributed by atoms with Crippen LogP contribution in [-0.2, 0) is 0 Å². The highest BCUT2D eigenvalue weighted by molar-refractivity contribution is 6.24. The van der Waals surface area contributed by atoms with Crippen molar-refractivity contribution >= 4 is 43.9 Å². The SMILES string of the molecule is c1ccc(-c2cccc(-c3nc(-c4cccc(-c5ccccc5)c4)nc(-n4c5cccnc5c5c4ncc4c6ccccc6n(-c6ccccc6)c45)n3)c2)cc1. The second kappa shape index (κ2) is 13.0. The van der Waals surface area contributed by atoms with E-state index in [1.807, 2.05) is 41.2 Å². The molecule has 5 heterocycles. The molecule has 11 aromatic rings. The van der Waals surface area contributed by atoms with Crippen molar-refractivity contribution in [1.82, 2.24) is 34.1 Å². The Hall–Kier alpha value is -7.77. The molecule has 7 heteroatoms. The fourth-order valence-electron chi connectivity index (χ4n) is 7.92. The Morgan fingerprint density at radius 2 is 0.946 bits per heavy atom. The highest BCUT2D eigenvalue weighted by Crippen LogP contribution is 2.40. The van der Waals surface area contributed by atoms with E-state index in [1.165, 1.54) is 0 Å². The summed E-state index contributed by atoms with van der Waals surface area (Å²) in [6.45, 7) is 0. The van der Waals surface area contributed by atoms with Gasteiger partial charge in [-0.2, -0.15) is 9.97 Å². The van der Waals surface area contributed by atoms with E-state index in [-0.39, 0.29) is 0 Å². The van der Waals surface area contributed by atoms with Crippen molar-refractivity contribution in [2.45, 2.75) is 0 Å². The van der Waals surface area contributed by atoms with Crippen molar-refractivity contribution in [3.8, 4) is 56.7 Å². The number of benzene rings is 6. The quantitative estimate of drug-likeness (QED) is 0.171. The summed E-state index contributed by atoms with van der Waals surface area (Å²) in [5, 5.41) is 3.10. The topological polar surface area (TPSA) is 74.3 Å². The third kappa shape index (κ3) is 5.17. The standard InChI is InChI=1S/C49H31N7/c1-4-15-32(16-5-1)34-19-12-21-36(29-34)46-52-47(37-22-13-20-35(30-37)33-17-6-2-7-18-33)54-49(53-46)56-42-27-14-28-50-44(42)43-45-40(31-51-48(43)56)39-25-10-11-26-41(39)55(45)38-23-8-3-9-24-38/h1-31H. The highest BCUT2D eigenvalue weighted by atomic mass is 15.2. The lowest BCUT2D eigenvalue weighted by molar-refractivity contribution is 0.944. The third-order valence-electron chi connectivity index (χ3n) is 10.5. The van der Waals surface area contributed by atoms with Crippen LogP contribution in [0.15, 0.2) is 188 Å². The molecule has 0 aliphatic heterocycles. The zero-order chi connectivity index (χ0) is 37.0. The van der Waals surface area contributed by atoms with E-state index in [4.69, 9.17) is 24.9 Å². The molecule has 5 aromatic heterocycles. The van der Waals surface area contributed by atoms with Crippen LogP contribution >= 0.6 is 0 Å². The van der Waals surface area contributed by atoms with Crippen molar-refractivity contribution in [3.63, 3.8) is 0 Å². The minimum Gasteiger partial charge on any atom is -0.308 e. The summed E-state index contributed by atoms with van der Waals surface area (Å²) in [4.78, 5) is 25.9. The van der Waals surface area contributed by atoms with Gasteiger partial charge in [0, 0.05) is 40.0 Å². The molecule has 0 saturated heterocycles. The molecule has 0 atom stereocenters. The van der Waals surface area contributed by atoms with Crippen molar-refractivity contribution < 1.29 is 0 Å². The lowest BCUT2D eigenvalue weighted by Gasteiger charge is -2.12. The number of fused-ring (bicyclic) bond motifs is 7. The third-order valence-corrected chi connectivity index (χ3v) is 10.5. The lowest BCUT2D eigenvalue weighted by atomic mass is 10.0. The Morgan fingerprint density at radius 1 is 0.393 bits per heavy atom. The molecule has 0 fully saturated rings. The predicted octanol–water partition coefficient (Wildman–Crippen LogP) is 11.5. The maximum atomic E-state index is 5.26. The molecule has 0 bridgehead atoms. The Bertz CT molecular complexity index is 3140. The fourth-order valence-corrected chi connectivity index (χ4v) is 7.92. The maximum Gasteiger partial charge on any atom is 0.240 e. The Balaban J connectivity index is 1.21. The van der Waals surface area contributed by atoms with Gasteiger partial charge in [-0.3, -0.25) is 9.55 Å². The van der Waals surface area contributed by atoms with Crippen LogP contribution in [0.5, 0.6) is 0 Å². The van der Waals surface area contributed by atoms with Gasteiger partial charge in [-0.1, -0.05) is 133 Å². The molecule has 0 N–H and O–H groups in total. The minimum atomic E-state index is 0.461. The molecule has 0 spiro atoms. The van der Waals surface area contributed by atoms with E-state index in [0.717, 1.165) is 77.3 Å². The first-order valence-electron chi connectivity index (χ1n) is 18.6. The average Bonchev–Trinajstić information content (AvgIpc) is 3.80. The normalized spacial score (nSPS) is 11.6. The molecular weight excluding hydrogens is 687 g/mol. The second-order valence-electron chi connectivity index (χ2n) is 13.8. The Kier molecular flexibility index (Phi) is 7.35. The number of nitrogens with zero attached hydrogens (tertiary/aromatic N) is 7. The number of hydrogen-bond acceptors (Lipinski definition) is 5. The van der Waals surface area contributed by atoms with E-state index < -0.39 is 0 Å². The molecule has 0 aliphatic carbocycles. The smallest absolute Gasteiger partial charge is 0.240 e. The van der Waals surface area contributed by atoms with Gasteiger partial charge in [0.25, 0.3) is 0 Å². The molecule has 56 heavy (non-hydrogen) atoms. The van der Waals surface area contributed by atoms with Gasteiger partial charge in [0.05, 0.1) is 21.9 Å². The summed E-state index contributed by atoms with van der Waals surface area (Å²) in [5.74, 6) is 1.58. The van der Waals surface area contributed by atoms with Gasteiger partial charge in [-0.05, 0) is 64.7 Å². The molecule has 0 saturated carbocycles. The minimum absolute atomic E-state index is 0.461. The average molecular weight is 718 g/mol. The molecule has 7 nitrogen and oxygen atoms in total. The molecular formula is C49H31N7. The first kappa shape index (κ1) is 31.7. The van der Waals surface area contributed by atoms with Gasteiger partial charge < -0.3 is 4.57 Å². The van der Waals surface area contributed by atoms with Crippen LogP contribution in [0.4, 0.5) is 0 Å². The number of pyridine rings is 2. The number of aromatic nitrogens is 7. The number of hydrogen-bond donors (Lipinski definition) is 0. The maximum absolute atomic E-state index is 5.26. The zero-order valence-corrected chi connectivity index (χ0v) is 30.0. The summed E-state index contributed by atoms with van der Waals surface area (Å²) in [5.41, 5.74) is 11.7. The molecule has 0 unspecified atom stereocenters. The van der Waals surface area contributed by atoms with Gasteiger partial charge in [0.15, 0.2) is 17.3 Å². The summed E-state index contributed by atoms with van der Waals surface area (Å²) in [7, 11) is 0. The summed E-state index contributed by atoms with van der Waals surface area (Å²) in [6.07, 6.45) is 3.82. The molecule has 262 valence electrons. The molecule has 0 aliphatic rings. The van der Waals surface area contributed by atoms with Crippen LogP contribution in [0.2, 0.25) is 0 Å². The van der Waals surface area contributed by atoms with Crippen LogP contribution in [0.3, 0.4) is 0 Å². The van der Waals surface area contributed by atoms with E-state index >= 15 is 0 Å². The summed E-state index contributed by atoms with van der Waals surface area (Å²) < 4.78 is 4.36. The number of rotatable bonds is 6. The first-order chi connectivity index (χ1) is 27.8. The van der Waals surface area contributed by atoms with Crippen LogP contribution < -0.4 is 0 Å². The van der Waals surface area contributed by atoms with Crippen molar-refractivity contribution in [3.05, 3.63) is 188 Å². The number of para-hydroxylation sites is 2. The van der Waals surface area contributed by atoms with E-state index in [0.29, 0.717) is 23.2 Å². The van der Waals surface area contributed by atoms with Gasteiger partial charge in [0.1, 0.15) is 5.52 Å². The summed E-state index contributed by atoms with van der Waals surface area (Å²) >= 11 is 0. The summed E-state index contributed by atoms with van der Waals surface area (Å²) in [6, 6.07) is 60.5. The van der Waals surface area contributed by atoms with E-state index in [9.17, 15) is 0 Å². The highest BCUT2D eigenvalue weighted by Gasteiger charge is 2.24. The molecule has 11 rings (SSSR count). The van der Waals surface area contributed by atoms with Crippen LogP contribution in [0.25, 0.3) is 101 Å². The van der Waals surface area contributed by atoms with Crippen LogP contribution in [-0.4, -0.2) is 34.1 Å². The van der Waals surface area contributed by atoms with Crippen molar-refractivity contribution in [1.29, 1.82) is 0 Å². The fraction of sp³-hybridized carbons (Fsp3) is 0. The Labute approximate surface area is 321 Å². The molecule has 6 aromatic carbocycles. The lowest BCUT2D eigenvalue weighted by Crippen LogP contribution is -2.07. The van der Waals surface area contributed by atoms with Crippen molar-refractivity contribution in [2.24, 2.45) is 0 Å². The van der Waals surface area contributed by atoms with Gasteiger partial charge in [-0.15, -0.1) is 0 Å². The first-order valence-corrected chi connectivity index (χ1v) is 18.6. The van der Waals surface area contributed by atoms with E-state index in [2.05, 4.69) is 156 Å². The second-order valence-corrected chi connectivity index (χ2v) is 13.8. The predicted molar refractivity (Wildman–Crippen MR) is 226 cm³/mol. The van der Waals surface area contributed by atoms with Crippen LogP contribution in [0.1, 0.15) is 0 Å². The molecule has 0 radical (unpaired) electrons. The monoisotopic (exact) mass is 717 g/mol. The molecule has 0 amide bonds. The van der Waals surface area contributed by atoms with E-state index in [1.54, 1.807) is 0 Å². The van der Waals surface area contributed by atoms with Gasteiger partial charge in [0.2, 0.25) is 5.95 Å². The largest absolute Gasteiger partial charge is 0.308 e. The van der Waals surface area contributed by atoms with Gasteiger partial charge >= 0.3 is 0 Å². The van der Waals surface area contributed by atoms with Gasteiger partial charge in [-0.25, -0.2) is 9.97 Å². The van der Waals surface area contributed by atoms with Crippen LogP contribution in [0, 0.1) is 0 Å². The Morgan fingerprint density at radius 3 is 1.61 bits per heavy atom. The zero-order valence-electron chi connectivity index (χ0n) is 30.0. The van der Waals surface area contributed by atoms with Crippen molar-refractivity contribution in [2.75, 3.05) is 0 Å².